The van der Waals surface area contributed by atoms with Gasteiger partial charge in [-0.05, 0) is 31.5 Å². The Morgan fingerprint density at radius 2 is 1.95 bits per heavy atom. The largest absolute Gasteiger partial charge is 0.339 e. The van der Waals surface area contributed by atoms with Crippen LogP contribution in [0, 0.1) is 13.8 Å². The summed E-state index contributed by atoms with van der Waals surface area (Å²) in [5.41, 5.74) is 1.98. The van der Waals surface area contributed by atoms with Crippen LogP contribution < -0.4 is 5.32 Å². The van der Waals surface area contributed by atoms with Gasteiger partial charge in [-0.25, -0.2) is 9.97 Å². The fourth-order valence-electron chi connectivity index (χ4n) is 1.60. The molecule has 6 heteroatoms. The minimum Gasteiger partial charge on any atom is -0.339 e. The number of carbonyl (C=O) groups excluding carboxylic acids is 1. The van der Waals surface area contributed by atoms with Crippen molar-refractivity contribution in [1.82, 2.24) is 9.97 Å². The number of carbonyl (C=O) groups is 1. The number of nitrogens with one attached hydrogen (secondary N) is 1. The molecule has 0 atom stereocenters. The molecule has 2 rings (SSSR count). The number of hydrogen-bond acceptors (Lipinski definition) is 4. The zero-order valence-electron chi connectivity index (χ0n) is 10.4. The number of aryl methyl sites for hydroxylation is 2. The van der Waals surface area contributed by atoms with Crippen molar-refractivity contribution in [2.75, 3.05) is 5.32 Å². The molecule has 98 valence electrons. The van der Waals surface area contributed by atoms with E-state index in [2.05, 4.69) is 15.3 Å². The summed E-state index contributed by atoms with van der Waals surface area (Å²) in [6.07, 6.45) is 0.629. The molecule has 0 spiro atoms. The van der Waals surface area contributed by atoms with Gasteiger partial charge in [0.2, 0.25) is 0 Å². The van der Waals surface area contributed by atoms with E-state index in [1.807, 2.05) is 13.0 Å². The normalized spacial score (nSPS) is 10.3. The van der Waals surface area contributed by atoms with Crippen molar-refractivity contribution in [3.05, 3.63) is 45.3 Å². The van der Waals surface area contributed by atoms with Crippen LogP contribution in [0.3, 0.4) is 0 Å². The van der Waals surface area contributed by atoms with Crippen molar-refractivity contribution in [1.29, 1.82) is 0 Å². The van der Waals surface area contributed by atoms with Gasteiger partial charge in [0, 0.05) is 10.7 Å². The van der Waals surface area contributed by atoms with Crippen LogP contribution in [-0.2, 0) is 0 Å². The zero-order valence-corrected chi connectivity index (χ0v) is 11.9. The Kier molecular flexibility index (Phi) is 4.02. The summed E-state index contributed by atoms with van der Waals surface area (Å²) in [5.74, 6) is 0.857. The van der Waals surface area contributed by atoms with Crippen LogP contribution in [0.5, 0.6) is 0 Å². The fraction of sp³-hybridized carbons (Fsp3) is 0.154. The van der Waals surface area contributed by atoms with E-state index in [4.69, 9.17) is 23.2 Å². The van der Waals surface area contributed by atoms with E-state index in [-0.39, 0.29) is 10.7 Å². The van der Waals surface area contributed by atoms with Crippen LogP contribution in [0.25, 0.3) is 0 Å². The Balaban J connectivity index is 2.48. The predicted molar refractivity (Wildman–Crippen MR) is 76.6 cm³/mol. The number of benzene rings is 1. The van der Waals surface area contributed by atoms with Gasteiger partial charge in [-0.15, -0.1) is 0 Å². The standard InChI is InChI=1S/C13H11Cl2N3O/c1-7-3-4-9(14)5-11(7)18-13-10(6-19)12(15)16-8(2)17-13/h3-6H,1-2H3,(H,16,17,18). The lowest BCUT2D eigenvalue weighted by molar-refractivity contribution is 0.112. The molecule has 19 heavy (non-hydrogen) atoms. The van der Waals surface area contributed by atoms with Crippen molar-refractivity contribution in [2.45, 2.75) is 13.8 Å². The molecule has 0 bridgehead atoms. The van der Waals surface area contributed by atoms with E-state index in [0.29, 0.717) is 23.0 Å². The molecule has 0 aliphatic rings. The smallest absolute Gasteiger partial charge is 0.156 e. The van der Waals surface area contributed by atoms with Gasteiger partial charge in [0.25, 0.3) is 0 Å². The Bertz CT molecular complexity index is 644. The summed E-state index contributed by atoms with van der Waals surface area (Å²) < 4.78 is 0. The SMILES string of the molecule is Cc1nc(Cl)c(C=O)c(Nc2cc(Cl)ccc2C)n1. The Labute approximate surface area is 120 Å². The topological polar surface area (TPSA) is 54.9 Å². The highest BCUT2D eigenvalue weighted by Gasteiger charge is 2.12. The lowest BCUT2D eigenvalue weighted by Gasteiger charge is -2.12. The molecule has 0 fully saturated rings. The molecule has 1 heterocycles. The Morgan fingerprint density at radius 1 is 1.21 bits per heavy atom. The van der Waals surface area contributed by atoms with E-state index in [9.17, 15) is 4.79 Å². The van der Waals surface area contributed by atoms with Gasteiger partial charge in [-0.2, -0.15) is 0 Å². The number of aromatic nitrogens is 2. The fourth-order valence-corrected chi connectivity index (χ4v) is 2.03. The van der Waals surface area contributed by atoms with Gasteiger partial charge in [-0.1, -0.05) is 29.3 Å². The van der Waals surface area contributed by atoms with Crippen LogP contribution in [-0.4, -0.2) is 16.3 Å². The number of anilines is 2. The quantitative estimate of drug-likeness (QED) is 0.688. The summed E-state index contributed by atoms with van der Waals surface area (Å²) in [6.45, 7) is 3.63. The highest BCUT2D eigenvalue weighted by Crippen LogP contribution is 2.26. The molecule has 0 aliphatic heterocycles. The zero-order chi connectivity index (χ0) is 14.0. The van der Waals surface area contributed by atoms with Crippen molar-refractivity contribution < 1.29 is 4.79 Å². The van der Waals surface area contributed by atoms with E-state index in [1.165, 1.54) is 0 Å². The maximum atomic E-state index is 11.1. The average Bonchev–Trinajstić information content (AvgIpc) is 2.33. The van der Waals surface area contributed by atoms with Crippen LogP contribution in [0.1, 0.15) is 21.7 Å². The number of nitrogens with zero attached hydrogens (tertiary/aromatic N) is 2. The second-order valence-electron chi connectivity index (χ2n) is 4.03. The van der Waals surface area contributed by atoms with Crippen molar-refractivity contribution in [3.63, 3.8) is 0 Å². The molecule has 1 aromatic heterocycles. The summed E-state index contributed by atoms with van der Waals surface area (Å²) in [6, 6.07) is 5.43. The van der Waals surface area contributed by atoms with Gasteiger partial charge in [0.05, 0.1) is 5.56 Å². The number of rotatable bonds is 3. The first-order chi connectivity index (χ1) is 9.01. The van der Waals surface area contributed by atoms with Gasteiger partial charge < -0.3 is 5.32 Å². The van der Waals surface area contributed by atoms with Crippen LogP contribution >= 0.6 is 23.2 Å². The van der Waals surface area contributed by atoms with E-state index < -0.39 is 0 Å². The highest BCUT2D eigenvalue weighted by molar-refractivity contribution is 6.32. The summed E-state index contributed by atoms with van der Waals surface area (Å²) >= 11 is 11.9. The minimum atomic E-state index is 0.129. The van der Waals surface area contributed by atoms with Crippen LogP contribution in [0.15, 0.2) is 18.2 Å². The van der Waals surface area contributed by atoms with E-state index in [0.717, 1.165) is 11.3 Å². The number of halogens is 2. The first-order valence-corrected chi connectivity index (χ1v) is 6.29. The summed E-state index contributed by atoms with van der Waals surface area (Å²) in [5, 5.41) is 3.79. The molecule has 2 aromatic rings. The second-order valence-corrected chi connectivity index (χ2v) is 4.82. The highest BCUT2D eigenvalue weighted by atomic mass is 35.5. The van der Waals surface area contributed by atoms with Crippen LogP contribution in [0.2, 0.25) is 10.2 Å². The maximum Gasteiger partial charge on any atom is 0.156 e. The number of hydrogen-bond donors (Lipinski definition) is 1. The average molecular weight is 296 g/mol. The molecule has 0 unspecified atom stereocenters. The molecule has 1 aromatic carbocycles. The van der Waals surface area contributed by atoms with Gasteiger partial charge in [-0.3, -0.25) is 4.79 Å². The molecule has 0 aliphatic carbocycles. The van der Waals surface area contributed by atoms with Crippen molar-refractivity contribution >= 4 is 41.0 Å². The third-order valence-corrected chi connectivity index (χ3v) is 3.10. The third-order valence-electron chi connectivity index (χ3n) is 2.58. The van der Waals surface area contributed by atoms with Gasteiger partial charge in [0.15, 0.2) is 6.29 Å². The molecule has 0 radical (unpaired) electrons. The minimum absolute atomic E-state index is 0.129. The van der Waals surface area contributed by atoms with Crippen molar-refractivity contribution in [3.8, 4) is 0 Å². The molecule has 1 N–H and O–H groups in total. The molecule has 0 saturated carbocycles. The monoisotopic (exact) mass is 295 g/mol. The predicted octanol–water partition coefficient (Wildman–Crippen LogP) is 3.96. The molecular formula is C13H11Cl2N3O. The lowest BCUT2D eigenvalue weighted by atomic mass is 10.2. The molecule has 0 saturated heterocycles. The van der Waals surface area contributed by atoms with E-state index >= 15 is 0 Å². The molecule has 4 nitrogen and oxygen atoms in total. The second kappa shape index (κ2) is 5.55. The summed E-state index contributed by atoms with van der Waals surface area (Å²) in [7, 11) is 0. The summed E-state index contributed by atoms with van der Waals surface area (Å²) in [4.78, 5) is 19.2. The first kappa shape index (κ1) is 13.8. The van der Waals surface area contributed by atoms with E-state index in [1.54, 1.807) is 19.1 Å². The molecule has 0 amide bonds. The van der Waals surface area contributed by atoms with Gasteiger partial charge in [0.1, 0.15) is 16.8 Å². The Morgan fingerprint density at radius 3 is 2.63 bits per heavy atom. The Hall–Kier alpha value is -1.65. The van der Waals surface area contributed by atoms with Crippen molar-refractivity contribution in [2.24, 2.45) is 0 Å². The maximum absolute atomic E-state index is 11.1. The third kappa shape index (κ3) is 3.03. The lowest BCUT2D eigenvalue weighted by Crippen LogP contribution is -2.04. The van der Waals surface area contributed by atoms with Crippen LogP contribution in [0.4, 0.5) is 11.5 Å². The molecular weight excluding hydrogens is 285 g/mol. The number of aldehydes is 1. The first-order valence-electron chi connectivity index (χ1n) is 5.53. The van der Waals surface area contributed by atoms with Gasteiger partial charge >= 0.3 is 0 Å².